The molecule has 3 rings (SSSR count). The molecule has 1 aromatic carbocycles. The number of amides is 3. The number of hydrogen-bond acceptors (Lipinski definition) is 3. The first kappa shape index (κ1) is 16.6. The predicted octanol–water partition coefficient (Wildman–Crippen LogP) is 1.58. The molecular formula is C18H26N4O2. The number of urea groups is 1. The minimum absolute atomic E-state index is 0.0869. The highest BCUT2D eigenvalue weighted by Gasteiger charge is 2.26. The molecule has 0 aliphatic carbocycles. The Labute approximate surface area is 143 Å². The molecule has 0 saturated carbocycles. The molecule has 1 unspecified atom stereocenters. The van der Waals surface area contributed by atoms with E-state index >= 15 is 0 Å². The van der Waals surface area contributed by atoms with Crippen LogP contribution < -0.4 is 15.5 Å². The summed E-state index contributed by atoms with van der Waals surface area (Å²) in [5.74, 6) is 0.116. The van der Waals surface area contributed by atoms with Gasteiger partial charge in [0.1, 0.15) is 0 Å². The molecule has 2 fully saturated rings. The Bertz CT molecular complexity index is 570. The number of carbonyl (C=O) groups is 2. The van der Waals surface area contributed by atoms with Crippen molar-refractivity contribution in [2.24, 2.45) is 0 Å². The SMILES string of the molecule is CC(=O)N1CCC(NC(=O)NC2CCN(c3ccccc3)C2)CC1. The molecule has 0 radical (unpaired) electrons. The van der Waals surface area contributed by atoms with Gasteiger partial charge in [-0.05, 0) is 31.4 Å². The molecule has 6 heteroatoms. The van der Waals surface area contributed by atoms with Gasteiger partial charge >= 0.3 is 6.03 Å². The van der Waals surface area contributed by atoms with E-state index in [9.17, 15) is 9.59 Å². The molecular weight excluding hydrogens is 304 g/mol. The predicted molar refractivity (Wildman–Crippen MR) is 94.0 cm³/mol. The van der Waals surface area contributed by atoms with Gasteiger partial charge in [-0.2, -0.15) is 0 Å². The normalized spacial score (nSPS) is 21.6. The topological polar surface area (TPSA) is 64.7 Å². The van der Waals surface area contributed by atoms with Crippen LogP contribution in [0.5, 0.6) is 0 Å². The fourth-order valence-electron chi connectivity index (χ4n) is 3.50. The Hall–Kier alpha value is -2.24. The first-order valence-corrected chi connectivity index (χ1v) is 8.74. The van der Waals surface area contributed by atoms with Gasteiger partial charge in [-0.15, -0.1) is 0 Å². The minimum Gasteiger partial charge on any atom is -0.369 e. The molecule has 3 amide bonds. The summed E-state index contributed by atoms with van der Waals surface area (Å²) in [7, 11) is 0. The van der Waals surface area contributed by atoms with Gasteiger partial charge in [0.15, 0.2) is 0 Å². The molecule has 6 nitrogen and oxygen atoms in total. The maximum Gasteiger partial charge on any atom is 0.315 e. The van der Waals surface area contributed by atoms with Crippen LogP contribution in [-0.2, 0) is 4.79 Å². The molecule has 1 aromatic rings. The Balaban J connectivity index is 1.41. The van der Waals surface area contributed by atoms with Gasteiger partial charge in [-0.3, -0.25) is 4.79 Å². The van der Waals surface area contributed by atoms with Gasteiger partial charge in [0.2, 0.25) is 5.91 Å². The molecule has 1 atom stereocenters. The van der Waals surface area contributed by atoms with Crippen molar-refractivity contribution in [1.29, 1.82) is 0 Å². The lowest BCUT2D eigenvalue weighted by atomic mass is 10.1. The monoisotopic (exact) mass is 330 g/mol. The van der Waals surface area contributed by atoms with Crippen LogP contribution in [0.4, 0.5) is 10.5 Å². The summed E-state index contributed by atoms with van der Waals surface area (Å²) in [4.78, 5) is 27.7. The van der Waals surface area contributed by atoms with Gasteiger partial charge in [-0.25, -0.2) is 4.79 Å². The molecule has 2 aliphatic heterocycles. The number of nitrogens with one attached hydrogen (secondary N) is 2. The van der Waals surface area contributed by atoms with Crippen molar-refractivity contribution < 1.29 is 9.59 Å². The lowest BCUT2D eigenvalue weighted by Gasteiger charge is -2.32. The second kappa shape index (κ2) is 7.55. The average molecular weight is 330 g/mol. The van der Waals surface area contributed by atoms with Crippen LogP contribution >= 0.6 is 0 Å². The molecule has 2 saturated heterocycles. The molecule has 0 aromatic heterocycles. The zero-order valence-corrected chi connectivity index (χ0v) is 14.2. The fourth-order valence-corrected chi connectivity index (χ4v) is 3.50. The number of piperidine rings is 1. The Morgan fingerprint density at radius 1 is 0.958 bits per heavy atom. The van der Waals surface area contributed by atoms with Crippen molar-refractivity contribution in [3.63, 3.8) is 0 Å². The van der Waals surface area contributed by atoms with E-state index in [0.29, 0.717) is 0 Å². The second-order valence-electron chi connectivity index (χ2n) is 6.67. The van der Waals surface area contributed by atoms with E-state index in [1.54, 1.807) is 6.92 Å². The number of hydrogen-bond donors (Lipinski definition) is 2. The second-order valence-corrected chi connectivity index (χ2v) is 6.67. The summed E-state index contributed by atoms with van der Waals surface area (Å²) in [5, 5.41) is 6.14. The minimum atomic E-state index is -0.0869. The summed E-state index contributed by atoms with van der Waals surface area (Å²) < 4.78 is 0. The molecule has 0 spiro atoms. The van der Waals surface area contributed by atoms with E-state index in [0.717, 1.165) is 45.4 Å². The standard InChI is InChI=1S/C18H26N4O2/c1-14(23)21-10-7-15(8-11-21)19-18(24)20-16-9-12-22(13-16)17-5-3-2-4-6-17/h2-6,15-16H,7-13H2,1H3,(H2,19,20,24). The molecule has 24 heavy (non-hydrogen) atoms. The quantitative estimate of drug-likeness (QED) is 0.884. The van der Waals surface area contributed by atoms with Crippen LogP contribution in [0.1, 0.15) is 26.2 Å². The van der Waals surface area contributed by atoms with Crippen LogP contribution in [0.2, 0.25) is 0 Å². The number of anilines is 1. The summed E-state index contributed by atoms with van der Waals surface area (Å²) in [6.07, 6.45) is 2.62. The Morgan fingerprint density at radius 3 is 2.25 bits per heavy atom. The lowest BCUT2D eigenvalue weighted by molar-refractivity contribution is -0.129. The first-order chi connectivity index (χ1) is 11.6. The number of likely N-dealkylation sites (tertiary alicyclic amines) is 1. The fraction of sp³-hybridized carbons (Fsp3) is 0.556. The molecule has 2 aliphatic rings. The van der Waals surface area contributed by atoms with Gasteiger partial charge in [0.05, 0.1) is 0 Å². The third kappa shape index (κ3) is 4.19. The van der Waals surface area contributed by atoms with Crippen LogP contribution in [-0.4, -0.2) is 55.1 Å². The average Bonchev–Trinajstić information content (AvgIpc) is 3.04. The van der Waals surface area contributed by atoms with E-state index in [4.69, 9.17) is 0 Å². The number of carbonyl (C=O) groups excluding carboxylic acids is 2. The Morgan fingerprint density at radius 2 is 1.58 bits per heavy atom. The number of rotatable bonds is 3. The summed E-state index contributed by atoms with van der Waals surface area (Å²) in [6, 6.07) is 10.6. The van der Waals surface area contributed by atoms with Crippen molar-refractivity contribution in [3.8, 4) is 0 Å². The lowest BCUT2D eigenvalue weighted by Crippen LogP contribution is -2.51. The molecule has 2 heterocycles. The van der Waals surface area contributed by atoms with Gasteiger partial charge in [-0.1, -0.05) is 18.2 Å². The van der Waals surface area contributed by atoms with Crippen LogP contribution in [0.25, 0.3) is 0 Å². The molecule has 0 bridgehead atoms. The highest BCUT2D eigenvalue weighted by atomic mass is 16.2. The summed E-state index contributed by atoms with van der Waals surface area (Å²) in [6.45, 7) is 4.86. The van der Waals surface area contributed by atoms with Crippen LogP contribution in [0.15, 0.2) is 30.3 Å². The number of nitrogens with zero attached hydrogens (tertiary/aromatic N) is 2. The van der Waals surface area contributed by atoms with Crippen LogP contribution in [0.3, 0.4) is 0 Å². The zero-order valence-electron chi connectivity index (χ0n) is 14.2. The van der Waals surface area contributed by atoms with E-state index in [2.05, 4.69) is 27.7 Å². The van der Waals surface area contributed by atoms with Crippen molar-refractivity contribution in [2.75, 3.05) is 31.1 Å². The van der Waals surface area contributed by atoms with Crippen molar-refractivity contribution in [1.82, 2.24) is 15.5 Å². The number of para-hydroxylation sites is 1. The maximum atomic E-state index is 12.2. The first-order valence-electron chi connectivity index (χ1n) is 8.74. The van der Waals surface area contributed by atoms with Gasteiger partial charge in [0.25, 0.3) is 0 Å². The third-order valence-electron chi connectivity index (χ3n) is 4.92. The van der Waals surface area contributed by atoms with E-state index in [-0.39, 0.29) is 24.0 Å². The van der Waals surface area contributed by atoms with E-state index < -0.39 is 0 Å². The summed E-state index contributed by atoms with van der Waals surface area (Å²) in [5.41, 5.74) is 1.21. The van der Waals surface area contributed by atoms with Crippen molar-refractivity contribution in [3.05, 3.63) is 30.3 Å². The van der Waals surface area contributed by atoms with Crippen molar-refractivity contribution in [2.45, 2.75) is 38.3 Å². The van der Waals surface area contributed by atoms with Gasteiger partial charge in [0, 0.05) is 50.9 Å². The third-order valence-corrected chi connectivity index (χ3v) is 4.92. The van der Waals surface area contributed by atoms with Gasteiger partial charge < -0.3 is 20.4 Å². The smallest absolute Gasteiger partial charge is 0.315 e. The molecule has 2 N–H and O–H groups in total. The number of benzene rings is 1. The summed E-state index contributed by atoms with van der Waals surface area (Å²) >= 11 is 0. The molecule has 130 valence electrons. The van der Waals surface area contributed by atoms with E-state index in [1.807, 2.05) is 23.1 Å². The van der Waals surface area contributed by atoms with Crippen molar-refractivity contribution >= 4 is 17.6 Å². The Kier molecular flexibility index (Phi) is 5.23. The zero-order chi connectivity index (χ0) is 16.9. The largest absolute Gasteiger partial charge is 0.369 e. The van der Waals surface area contributed by atoms with Crippen LogP contribution in [0, 0.1) is 0 Å². The highest BCUT2D eigenvalue weighted by Crippen LogP contribution is 2.19. The van der Waals surface area contributed by atoms with E-state index in [1.165, 1.54) is 5.69 Å². The highest BCUT2D eigenvalue weighted by molar-refractivity contribution is 5.75. The maximum absolute atomic E-state index is 12.2.